The fourth-order valence-corrected chi connectivity index (χ4v) is 3.42. The molecule has 1 atom stereocenters. The number of carbonyl (C=O) groups is 1. The monoisotopic (exact) mass is 305 g/mol. The number of nitrogens with zero attached hydrogens (tertiary/aromatic N) is 2. The molecule has 1 rings (SSSR count). The van der Waals surface area contributed by atoms with E-state index in [1.165, 1.54) is 22.7 Å². The van der Waals surface area contributed by atoms with Gasteiger partial charge in [0.25, 0.3) is 10.2 Å². The molecule has 20 heavy (non-hydrogen) atoms. The number of nitrogens with one attached hydrogen (secondary N) is 1. The van der Waals surface area contributed by atoms with E-state index in [9.17, 15) is 13.2 Å². The van der Waals surface area contributed by atoms with E-state index >= 15 is 0 Å². The van der Waals surface area contributed by atoms with Gasteiger partial charge < -0.3 is 5.32 Å². The topological polar surface area (TPSA) is 69.7 Å². The number of hydrogen-bond acceptors (Lipinski definition) is 3. The van der Waals surface area contributed by atoms with Gasteiger partial charge in [0.2, 0.25) is 5.91 Å². The molecule has 0 aromatic heterocycles. The third kappa shape index (κ3) is 4.71. The molecule has 0 unspecified atom stereocenters. The highest BCUT2D eigenvalue weighted by Crippen LogP contribution is 2.20. The van der Waals surface area contributed by atoms with E-state index in [1.54, 1.807) is 0 Å². The molecule has 0 aromatic rings. The lowest BCUT2D eigenvalue weighted by Gasteiger charge is -2.32. The van der Waals surface area contributed by atoms with Crippen LogP contribution >= 0.6 is 0 Å². The minimum absolute atomic E-state index is 0.0238. The SMILES string of the molecule is CC(C)CCNC(=O)[C@@H]1CCCN(S(=O)(=O)N(C)C)C1. The highest BCUT2D eigenvalue weighted by molar-refractivity contribution is 7.86. The van der Waals surface area contributed by atoms with Crippen LogP contribution < -0.4 is 5.32 Å². The van der Waals surface area contributed by atoms with Gasteiger partial charge in [0, 0.05) is 33.7 Å². The number of amides is 1. The quantitative estimate of drug-likeness (QED) is 0.784. The van der Waals surface area contributed by atoms with E-state index in [2.05, 4.69) is 19.2 Å². The molecule has 1 aliphatic rings. The number of piperidine rings is 1. The Balaban J connectivity index is 2.54. The van der Waals surface area contributed by atoms with Crippen LogP contribution in [0.25, 0.3) is 0 Å². The molecule has 0 saturated carbocycles. The minimum atomic E-state index is -3.41. The number of rotatable bonds is 6. The molecule has 0 aliphatic carbocycles. The van der Waals surface area contributed by atoms with E-state index in [0.29, 0.717) is 19.0 Å². The molecule has 118 valence electrons. The van der Waals surface area contributed by atoms with Crippen molar-refractivity contribution in [3.05, 3.63) is 0 Å². The first kappa shape index (κ1) is 17.4. The van der Waals surface area contributed by atoms with Gasteiger partial charge in [-0.25, -0.2) is 0 Å². The summed E-state index contributed by atoms with van der Waals surface area (Å²) in [5.74, 6) is 0.294. The zero-order valence-electron chi connectivity index (χ0n) is 12.9. The standard InChI is InChI=1S/C13H27N3O3S/c1-11(2)7-8-14-13(17)12-6-5-9-16(10-12)20(18,19)15(3)4/h11-12H,5-10H2,1-4H3,(H,14,17)/t12-/m1/s1. The highest BCUT2D eigenvalue weighted by Gasteiger charge is 2.33. The van der Waals surface area contributed by atoms with Crippen LogP contribution in [0.5, 0.6) is 0 Å². The van der Waals surface area contributed by atoms with Crippen molar-refractivity contribution in [2.75, 3.05) is 33.7 Å². The Morgan fingerprint density at radius 3 is 2.60 bits per heavy atom. The molecule has 0 bridgehead atoms. The van der Waals surface area contributed by atoms with Gasteiger partial charge in [-0.2, -0.15) is 17.0 Å². The van der Waals surface area contributed by atoms with Crippen LogP contribution in [0.2, 0.25) is 0 Å². The van der Waals surface area contributed by atoms with Gasteiger partial charge in [-0.1, -0.05) is 13.8 Å². The van der Waals surface area contributed by atoms with E-state index < -0.39 is 10.2 Å². The van der Waals surface area contributed by atoms with Gasteiger partial charge in [0.1, 0.15) is 0 Å². The molecule has 1 saturated heterocycles. The van der Waals surface area contributed by atoms with Crippen molar-refractivity contribution in [1.29, 1.82) is 0 Å². The molecule has 0 aromatic carbocycles. The second-order valence-corrected chi connectivity index (χ2v) is 8.10. The predicted octanol–water partition coefficient (Wildman–Crippen LogP) is 0.667. The van der Waals surface area contributed by atoms with Crippen molar-refractivity contribution < 1.29 is 13.2 Å². The summed E-state index contributed by atoms with van der Waals surface area (Å²) < 4.78 is 26.8. The van der Waals surface area contributed by atoms with Crippen LogP contribution in [0.1, 0.15) is 33.1 Å². The Morgan fingerprint density at radius 2 is 2.05 bits per heavy atom. The summed E-state index contributed by atoms with van der Waals surface area (Å²) >= 11 is 0. The Kier molecular flexibility index (Phi) is 6.42. The molecule has 0 spiro atoms. The Bertz CT molecular complexity index is 421. The first-order chi connectivity index (χ1) is 9.25. The lowest BCUT2D eigenvalue weighted by Crippen LogP contribution is -2.48. The van der Waals surface area contributed by atoms with Crippen LogP contribution in [-0.4, -0.2) is 56.7 Å². The molecule has 7 heteroatoms. The second-order valence-electron chi connectivity index (χ2n) is 5.96. The van der Waals surface area contributed by atoms with Crippen LogP contribution in [0.15, 0.2) is 0 Å². The summed E-state index contributed by atoms with van der Waals surface area (Å²) in [6, 6.07) is 0. The van der Waals surface area contributed by atoms with Crippen molar-refractivity contribution in [2.24, 2.45) is 11.8 Å². The van der Waals surface area contributed by atoms with E-state index in [0.717, 1.165) is 19.3 Å². The molecular formula is C13H27N3O3S. The maximum absolute atomic E-state index is 12.1. The van der Waals surface area contributed by atoms with E-state index in [1.807, 2.05) is 0 Å². The van der Waals surface area contributed by atoms with E-state index in [-0.39, 0.29) is 18.4 Å². The van der Waals surface area contributed by atoms with Crippen LogP contribution in [-0.2, 0) is 15.0 Å². The van der Waals surface area contributed by atoms with Crippen molar-refractivity contribution >= 4 is 16.1 Å². The summed E-state index contributed by atoms with van der Waals surface area (Å²) in [6.07, 6.45) is 2.43. The zero-order chi connectivity index (χ0) is 15.3. The van der Waals surface area contributed by atoms with Gasteiger partial charge in [-0.3, -0.25) is 4.79 Å². The average Bonchev–Trinajstić information content (AvgIpc) is 2.38. The Morgan fingerprint density at radius 1 is 1.40 bits per heavy atom. The number of carbonyl (C=O) groups excluding carboxylic acids is 1. The van der Waals surface area contributed by atoms with Crippen LogP contribution in [0.4, 0.5) is 0 Å². The molecule has 0 radical (unpaired) electrons. The van der Waals surface area contributed by atoms with E-state index in [4.69, 9.17) is 0 Å². The minimum Gasteiger partial charge on any atom is -0.356 e. The fourth-order valence-electron chi connectivity index (χ4n) is 2.23. The first-order valence-electron chi connectivity index (χ1n) is 7.20. The first-order valence-corrected chi connectivity index (χ1v) is 8.60. The van der Waals surface area contributed by atoms with Gasteiger partial charge in [-0.05, 0) is 25.2 Å². The lowest BCUT2D eigenvalue weighted by molar-refractivity contribution is -0.126. The maximum Gasteiger partial charge on any atom is 0.281 e. The average molecular weight is 305 g/mol. The third-order valence-corrected chi connectivity index (χ3v) is 5.47. The Hall–Kier alpha value is -0.660. The molecule has 6 nitrogen and oxygen atoms in total. The van der Waals surface area contributed by atoms with Crippen molar-refractivity contribution in [3.8, 4) is 0 Å². The van der Waals surface area contributed by atoms with Crippen molar-refractivity contribution in [1.82, 2.24) is 13.9 Å². The maximum atomic E-state index is 12.1. The molecule has 1 amide bonds. The molecular weight excluding hydrogens is 278 g/mol. The van der Waals surface area contributed by atoms with Crippen LogP contribution in [0.3, 0.4) is 0 Å². The molecule has 1 heterocycles. The summed E-state index contributed by atoms with van der Waals surface area (Å²) in [7, 11) is -0.383. The van der Waals surface area contributed by atoms with Gasteiger partial charge in [0.05, 0.1) is 5.92 Å². The summed E-state index contributed by atoms with van der Waals surface area (Å²) in [5, 5.41) is 2.91. The van der Waals surface area contributed by atoms with Gasteiger partial charge in [0.15, 0.2) is 0 Å². The van der Waals surface area contributed by atoms with Crippen LogP contribution in [0, 0.1) is 11.8 Å². The van der Waals surface area contributed by atoms with Crippen molar-refractivity contribution in [2.45, 2.75) is 33.1 Å². The fraction of sp³-hybridized carbons (Fsp3) is 0.923. The lowest BCUT2D eigenvalue weighted by atomic mass is 9.98. The Labute approximate surface area is 122 Å². The normalized spacial score (nSPS) is 21.4. The van der Waals surface area contributed by atoms with Gasteiger partial charge >= 0.3 is 0 Å². The molecule has 1 aliphatic heterocycles. The zero-order valence-corrected chi connectivity index (χ0v) is 13.7. The smallest absolute Gasteiger partial charge is 0.281 e. The highest BCUT2D eigenvalue weighted by atomic mass is 32.2. The molecule has 1 N–H and O–H groups in total. The van der Waals surface area contributed by atoms with Crippen molar-refractivity contribution in [3.63, 3.8) is 0 Å². The third-order valence-electron chi connectivity index (χ3n) is 3.56. The van der Waals surface area contributed by atoms with Gasteiger partial charge in [-0.15, -0.1) is 0 Å². The summed E-state index contributed by atoms with van der Waals surface area (Å²) in [5.41, 5.74) is 0. The summed E-state index contributed by atoms with van der Waals surface area (Å²) in [4.78, 5) is 12.1. The molecule has 1 fully saturated rings. The second kappa shape index (κ2) is 7.38. The summed E-state index contributed by atoms with van der Waals surface area (Å²) in [6.45, 7) is 5.66. The predicted molar refractivity (Wildman–Crippen MR) is 79.4 cm³/mol. The number of hydrogen-bond donors (Lipinski definition) is 1. The largest absolute Gasteiger partial charge is 0.356 e.